The van der Waals surface area contributed by atoms with E-state index in [-0.39, 0.29) is 104 Å². The third kappa shape index (κ3) is 71.3. The number of aliphatic hydroxyl groups is 10. The summed E-state index contributed by atoms with van der Waals surface area (Å²) in [6.07, 6.45) is 26.0. The highest BCUT2D eigenvalue weighted by Crippen LogP contribution is 2.37. The van der Waals surface area contributed by atoms with Gasteiger partial charge in [-0.2, -0.15) is 0 Å². The van der Waals surface area contributed by atoms with Gasteiger partial charge in [0.1, 0.15) is 26.4 Å². The molecule has 0 aliphatic heterocycles. The van der Waals surface area contributed by atoms with Crippen LogP contribution < -0.4 is 0 Å². The molecular weight excluding hydrogens is 1330 g/mol. The number of carbonyl (C=O) groups is 4. The Labute approximate surface area is 565 Å². The fourth-order valence-electron chi connectivity index (χ4n) is 6.36. The number of esters is 4. The fourth-order valence-corrected chi connectivity index (χ4v) is 16.2. The van der Waals surface area contributed by atoms with E-state index in [4.69, 9.17) is 60.5 Å². The van der Waals surface area contributed by atoms with Crippen LogP contribution in [0.4, 0.5) is 0 Å². The Morgan fingerprint density at radius 3 is 0.795 bits per heavy atom. The molecule has 0 bridgehead atoms. The highest BCUT2D eigenvalue weighted by molar-refractivity contribution is 8.77. The largest absolute Gasteiger partial charge is 0.463 e. The SMILES string of the molecule is O=C(CCSSCCC(=O)OCCO)OCCO.O=C(OCCO)c1ccc(SSc2ccc(C(=O)OCCO)cc2)cc1.OCCCCCCCCCCCSSCCCCCCCCCCCO.OCCCSSCCCO.OCCSSCCO. The zero-order valence-corrected chi connectivity index (χ0v) is 59.7. The van der Waals surface area contributed by atoms with Crippen molar-refractivity contribution in [2.45, 2.75) is 151 Å². The molecular formula is C60H106O18S10. The maximum atomic E-state index is 11.6. The minimum Gasteiger partial charge on any atom is -0.463 e. The molecule has 0 aromatic heterocycles. The Morgan fingerprint density at radius 2 is 0.511 bits per heavy atom. The molecule has 0 aliphatic carbocycles. The first-order valence-corrected chi connectivity index (χ1v) is 42.5. The van der Waals surface area contributed by atoms with Gasteiger partial charge < -0.3 is 70.0 Å². The molecule has 0 unspecified atom stereocenters. The molecule has 0 heterocycles. The number of ether oxygens (including phenoxy) is 4. The molecule has 0 saturated heterocycles. The van der Waals surface area contributed by atoms with Crippen LogP contribution in [0.3, 0.4) is 0 Å². The zero-order valence-electron chi connectivity index (χ0n) is 51.6. The quantitative estimate of drug-likeness (QED) is 0.0127. The molecule has 88 heavy (non-hydrogen) atoms. The van der Waals surface area contributed by atoms with Gasteiger partial charge in [0.25, 0.3) is 0 Å². The molecule has 0 saturated carbocycles. The highest BCUT2D eigenvalue weighted by atomic mass is 33.1. The van der Waals surface area contributed by atoms with Crippen molar-refractivity contribution in [1.29, 1.82) is 0 Å². The molecule has 0 amide bonds. The van der Waals surface area contributed by atoms with Gasteiger partial charge in [0.2, 0.25) is 0 Å². The molecule has 28 heteroatoms. The molecule has 2 aromatic carbocycles. The van der Waals surface area contributed by atoms with Crippen LogP contribution in [-0.2, 0) is 28.5 Å². The summed E-state index contributed by atoms with van der Waals surface area (Å²) in [5, 5.41) is 84.9. The molecule has 514 valence electrons. The van der Waals surface area contributed by atoms with Gasteiger partial charge in [0.15, 0.2) is 0 Å². The highest BCUT2D eigenvalue weighted by Gasteiger charge is 2.10. The summed E-state index contributed by atoms with van der Waals surface area (Å²) in [7, 11) is 16.8. The normalized spacial score (nSPS) is 10.5. The van der Waals surface area contributed by atoms with Gasteiger partial charge in [-0.3, -0.25) is 9.59 Å². The van der Waals surface area contributed by atoms with Crippen molar-refractivity contribution in [3.8, 4) is 0 Å². The van der Waals surface area contributed by atoms with E-state index in [0.29, 0.717) is 35.8 Å². The van der Waals surface area contributed by atoms with Crippen LogP contribution >= 0.6 is 108 Å². The van der Waals surface area contributed by atoms with E-state index in [1.165, 1.54) is 157 Å². The maximum Gasteiger partial charge on any atom is 0.338 e. The smallest absolute Gasteiger partial charge is 0.338 e. The average molecular weight is 1440 g/mol. The molecule has 2 rings (SSSR count). The fraction of sp³-hybridized carbons (Fsp3) is 0.733. The summed E-state index contributed by atoms with van der Waals surface area (Å²) < 4.78 is 19.0. The van der Waals surface area contributed by atoms with Gasteiger partial charge in [0, 0.05) is 82.2 Å². The Bertz CT molecular complexity index is 1650. The standard InChI is InChI=1S/C22H46O2S2.C18H18O6S2.C10H18O6S2.C6H14O2S2.C4H10O2S2/c23-19-15-11-7-3-1-5-9-13-17-21-25-26-22-18-14-10-6-2-4-8-12-16-20-24;19-9-11-23-17(21)13-1-5-15(6-2-13)25-26-16-7-3-14(4-8-16)18(22)24-12-10-20;11-3-5-15-9(13)1-7-17-18-8-2-10(14)16-6-4-12;7-3-1-5-9-10-6-2-4-8;5-1-3-7-8-4-2-6/h23-24H,1-22H2;1-8,19-20H,9-12H2;11-12H,1-8H2;7-8H,1-6H2;5-6H,1-4H2. The van der Waals surface area contributed by atoms with Crippen molar-refractivity contribution in [2.24, 2.45) is 0 Å². The van der Waals surface area contributed by atoms with E-state index < -0.39 is 11.9 Å². The van der Waals surface area contributed by atoms with Crippen LogP contribution in [0, 0.1) is 0 Å². The number of aliphatic hydroxyl groups excluding tert-OH is 10. The van der Waals surface area contributed by atoms with Crippen LogP contribution in [0.2, 0.25) is 0 Å². The number of unbranched alkanes of at least 4 members (excludes halogenated alkanes) is 16. The topological polar surface area (TPSA) is 308 Å². The van der Waals surface area contributed by atoms with Gasteiger partial charge in [-0.1, -0.05) is 198 Å². The van der Waals surface area contributed by atoms with Crippen molar-refractivity contribution in [3.05, 3.63) is 59.7 Å². The number of carbonyl (C=O) groups excluding carboxylic acids is 4. The van der Waals surface area contributed by atoms with E-state index in [1.807, 2.05) is 24.3 Å². The van der Waals surface area contributed by atoms with E-state index in [0.717, 1.165) is 58.5 Å². The predicted molar refractivity (Wildman–Crippen MR) is 379 cm³/mol. The number of benzene rings is 2. The second-order valence-electron chi connectivity index (χ2n) is 18.3. The number of hydrogen-bond acceptors (Lipinski definition) is 28. The van der Waals surface area contributed by atoms with Gasteiger partial charge in [-0.15, -0.1) is 0 Å². The Hall–Kier alpha value is -0.580. The summed E-state index contributed by atoms with van der Waals surface area (Å²) in [6, 6.07) is 13.9. The van der Waals surface area contributed by atoms with Gasteiger partial charge in [-0.25, -0.2) is 9.59 Å². The second-order valence-corrected chi connectivity index (χ2v) is 31.4. The van der Waals surface area contributed by atoms with Crippen molar-refractivity contribution < 1.29 is 89.2 Å². The molecule has 2 aromatic rings. The van der Waals surface area contributed by atoms with E-state index in [2.05, 4.69) is 31.1 Å². The minimum atomic E-state index is -0.466. The van der Waals surface area contributed by atoms with Crippen LogP contribution in [0.15, 0.2) is 58.3 Å². The van der Waals surface area contributed by atoms with Crippen molar-refractivity contribution in [3.63, 3.8) is 0 Å². The summed E-state index contributed by atoms with van der Waals surface area (Å²) in [5.41, 5.74) is 0.858. The third-order valence-corrected chi connectivity index (χ3v) is 23.1. The first-order valence-electron chi connectivity index (χ1n) is 30.4. The Morgan fingerprint density at radius 1 is 0.261 bits per heavy atom. The molecule has 0 atom stereocenters. The van der Waals surface area contributed by atoms with Gasteiger partial charge >= 0.3 is 23.9 Å². The minimum absolute atomic E-state index is 0.0191. The Balaban J connectivity index is -0.00000109. The predicted octanol–water partition coefficient (Wildman–Crippen LogP) is 11.9. The average Bonchev–Trinajstić information content (AvgIpc) is 3.67. The lowest BCUT2D eigenvalue weighted by atomic mass is 10.1. The van der Waals surface area contributed by atoms with E-state index in [1.54, 1.807) is 67.4 Å². The lowest BCUT2D eigenvalue weighted by Crippen LogP contribution is -2.09. The molecule has 18 nitrogen and oxygen atoms in total. The lowest BCUT2D eigenvalue weighted by Gasteiger charge is -2.05. The molecule has 0 radical (unpaired) electrons. The van der Waals surface area contributed by atoms with Gasteiger partial charge in [0.05, 0.1) is 63.6 Å². The van der Waals surface area contributed by atoms with Crippen LogP contribution in [0.25, 0.3) is 0 Å². The third-order valence-electron chi connectivity index (χ3n) is 10.8. The van der Waals surface area contributed by atoms with Gasteiger partial charge in [-0.05, 0) is 87.1 Å². The second kappa shape index (κ2) is 78.9. The molecule has 0 fully saturated rings. The van der Waals surface area contributed by atoms with E-state index in [9.17, 15) is 19.2 Å². The van der Waals surface area contributed by atoms with Crippen LogP contribution in [-0.4, -0.2) is 213 Å². The molecule has 0 aliphatic rings. The van der Waals surface area contributed by atoms with Crippen molar-refractivity contribution >= 4 is 132 Å². The Kier molecular flexibility index (Phi) is 82.1. The first kappa shape index (κ1) is 91.6. The van der Waals surface area contributed by atoms with Crippen molar-refractivity contribution in [1.82, 2.24) is 0 Å². The number of rotatable bonds is 55. The zero-order chi connectivity index (χ0) is 65.3. The molecule has 0 spiro atoms. The molecule has 10 N–H and O–H groups in total. The monoisotopic (exact) mass is 1430 g/mol. The first-order chi connectivity index (χ1) is 43.1. The summed E-state index contributed by atoms with van der Waals surface area (Å²) >= 11 is 0. The summed E-state index contributed by atoms with van der Waals surface area (Å²) in [4.78, 5) is 47.2. The van der Waals surface area contributed by atoms with Crippen LogP contribution in [0.1, 0.15) is 162 Å². The summed E-state index contributed by atoms with van der Waals surface area (Å²) in [6.45, 7) is 1.05. The maximum absolute atomic E-state index is 11.6. The summed E-state index contributed by atoms with van der Waals surface area (Å²) in [5.74, 6) is 5.78. The van der Waals surface area contributed by atoms with Crippen LogP contribution in [0.5, 0.6) is 0 Å². The van der Waals surface area contributed by atoms with Crippen molar-refractivity contribution in [2.75, 3.05) is 139 Å². The lowest BCUT2D eigenvalue weighted by molar-refractivity contribution is -0.144. The number of hydrogen-bond donors (Lipinski definition) is 10. The van der Waals surface area contributed by atoms with E-state index >= 15 is 0 Å².